The molecule has 99 valence electrons. The summed E-state index contributed by atoms with van der Waals surface area (Å²) in [5, 5.41) is 5.04. The first-order chi connectivity index (χ1) is 8.94. The van der Waals surface area contributed by atoms with E-state index in [2.05, 4.69) is 16.4 Å². The molecule has 1 aromatic carbocycles. The maximum absolute atomic E-state index is 11.6. The van der Waals surface area contributed by atoms with Crippen molar-refractivity contribution in [1.82, 2.24) is 4.98 Å². The van der Waals surface area contributed by atoms with E-state index in [1.807, 2.05) is 50.4 Å². The van der Waals surface area contributed by atoms with Gasteiger partial charge in [-0.05, 0) is 26.8 Å². The van der Waals surface area contributed by atoms with Gasteiger partial charge in [0.15, 0.2) is 5.13 Å². The zero-order chi connectivity index (χ0) is 13.9. The first-order valence-electron chi connectivity index (χ1n) is 5.86. The lowest BCUT2D eigenvalue weighted by molar-refractivity contribution is 0.0636. The third kappa shape index (κ3) is 4.06. The Bertz CT molecular complexity index is 558. The number of aromatic nitrogens is 1. The molecule has 0 unspecified atom stereocenters. The van der Waals surface area contributed by atoms with E-state index in [0.717, 1.165) is 11.3 Å². The van der Waals surface area contributed by atoms with E-state index in [9.17, 15) is 4.79 Å². The molecule has 2 rings (SSSR count). The highest BCUT2D eigenvalue weighted by Crippen LogP contribution is 2.24. The van der Waals surface area contributed by atoms with Gasteiger partial charge in [-0.1, -0.05) is 24.3 Å². The van der Waals surface area contributed by atoms with Gasteiger partial charge in [0, 0.05) is 10.9 Å². The van der Waals surface area contributed by atoms with Gasteiger partial charge in [-0.3, -0.25) is 5.32 Å². The largest absolute Gasteiger partial charge is 0.444 e. The summed E-state index contributed by atoms with van der Waals surface area (Å²) in [6.45, 7) is 5.46. The summed E-state index contributed by atoms with van der Waals surface area (Å²) in [5.74, 6) is 0. The number of benzene rings is 1. The van der Waals surface area contributed by atoms with Gasteiger partial charge >= 0.3 is 6.09 Å². The molecule has 0 fully saturated rings. The van der Waals surface area contributed by atoms with Gasteiger partial charge in [0.05, 0.1) is 5.69 Å². The molecular formula is C14H15N2O2S. The van der Waals surface area contributed by atoms with Gasteiger partial charge < -0.3 is 4.74 Å². The molecule has 1 heterocycles. The number of nitrogens with zero attached hydrogens (tertiary/aromatic N) is 1. The number of hydrogen-bond acceptors (Lipinski definition) is 4. The Morgan fingerprint density at radius 2 is 2.05 bits per heavy atom. The number of hydrogen-bond donors (Lipinski definition) is 1. The van der Waals surface area contributed by atoms with Crippen LogP contribution in [-0.2, 0) is 4.74 Å². The quantitative estimate of drug-likeness (QED) is 0.902. The van der Waals surface area contributed by atoms with E-state index in [1.165, 1.54) is 11.3 Å². The van der Waals surface area contributed by atoms with Crippen LogP contribution in [-0.4, -0.2) is 16.7 Å². The molecule has 1 N–H and O–H groups in total. The predicted molar refractivity (Wildman–Crippen MR) is 76.2 cm³/mol. The topological polar surface area (TPSA) is 51.2 Å². The number of ether oxygens (including phenoxy) is 1. The third-order valence-corrected chi connectivity index (χ3v) is 2.88. The smallest absolute Gasteiger partial charge is 0.413 e. The molecule has 1 aromatic heterocycles. The molecule has 0 aliphatic carbocycles. The summed E-state index contributed by atoms with van der Waals surface area (Å²) in [6.07, 6.45) is -0.491. The number of carbonyl (C=O) groups is 1. The van der Waals surface area contributed by atoms with Crippen molar-refractivity contribution >= 4 is 22.6 Å². The normalized spacial score (nSPS) is 11.1. The van der Waals surface area contributed by atoms with Gasteiger partial charge in [-0.2, -0.15) is 0 Å². The van der Waals surface area contributed by atoms with Crippen LogP contribution in [0.25, 0.3) is 11.3 Å². The van der Waals surface area contributed by atoms with Gasteiger partial charge in [-0.25, -0.2) is 9.78 Å². The van der Waals surface area contributed by atoms with E-state index in [1.54, 1.807) is 0 Å². The average Bonchev–Trinajstić information content (AvgIpc) is 2.76. The number of amides is 1. The zero-order valence-electron chi connectivity index (χ0n) is 11.1. The summed E-state index contributed by atoms with van der Waals surface area (Å²) in [7, 11) is 0. The van der Waals surface area contributed by atoms with Crippen LogP contribution < -0.4 is 5.32 Å². The fraction of sp³-hybridized carbons (Fsp3) is 0.286. The molecule has 2 aromatic rings. The van der Waals surface area contributed by atoms with E-state index in [0.29, 0.717) is 5.13 Å². The molecule has 19 heavy (non-hydrogen) atoms. The van der Waals surface area contributed by atoms with Crippen LogP contribution in [0.2, 0.25) is 0 Å². The second-order valence-corrected chi connectivity index (χ2v) is 5.81. The van der Waals surface area contributed by atoms with Crippen LogP contribution in [0.4, 0.5) is 9.93 Å². The highest BCUT2D eigenvalue weighted by molar-refractivity contribution is 7.14. The lowest BCUT2D eigenvalue weighted by Gasteiger charge is -2.18. The second kappa shape index (κ2) is 5.40. The monoisotopic (exact) mass is 275 g/mol. The number of carbonyl (C=O) groups excluding carboxylic acids is 1. The van der Waals surface area contributed by atoms with Crippen LogP contribution in [0.1, 0.15) is 20.8 Å². The molecule has 1 radical (unpaired) electrons. The molecule has 0 atom stereocenters. The molecule has 0 spiro atoms. The van der Waals surface area contributed by atoms with Crippen molar-refractivity contribution in [2.24, 2.45) is 0 Å². The van der Waals surface area contributed by atoms with E-state index >= 15 is 0 Å². The van der Waals surface area contributed by atoms with Crippen molar-refractivity contribution in [3.05, 3.63) is 35.7 Å². The van der Waals surface area contributed by atoms with Gasteiger partial charge in [0.1, 0.15) is 5.60 Å². The van der Waals surface area contributed by atoms with Crippen LogP contribution in [0.3, 0.4) is 0 Å². The Balaban J connectivity index is 2.04. The summed E-state index contributed by atoms with van der Waals surface area (Å²) in [5.41, 5.74) is 1.30. The molecule has 0 aliphatic heterocycles. The summed E-state index contributed by atoms with van der Waals surface area (Å²) >= 11 is 1.37. The van der Waals surface area contributed by atoms with Crippen molar-refractivity contribution in [3.63, 3.8) is 0 Å². The summed E-state index contributed by atoms with van der Waals surface area (Å²) < 4.78 is 5.17. The minimum absolute atomic E-state index is 0.491. The minimum atomic E-state index is -0.514. The van der Waals surface area contributed by atoms with Crippen molar-refractivity contribution < 1.29 is 9.53 Å². The van der Waals surface area contributed by atoms with Crippen molar-refractivity contribution in [2.75, 3.05) is 5.32 Å². The number of nitrogens with one attached hydrogen (secondary N) is 1. The fourth-order valence-electron chi connectivity index (χ4n) is 1.41. The third-order valence-electron chi connectivity index (χ3n) is 2.13. The fourth-order valence-corrected chi connectivity index (χ4v) is 2.12. The first-order valence-corrected chi connectivity index (χ1v) is 6.74. The Kier molecular flexibility index (Phi) is 3.85. The van der Waals surface area contributed by atoms with Crippen LogP contribution in [0, 0.1) is 6.07 Å². The van der Waals surface area contributed by atoms with Crippen molar-refractivity contribution in [1.29, 1.82) is 0 Å². The average molecular weight is 275 g/mol. The zero-order valence-corrected chi connectivity index (χ0v) is 11.9. The van der Waals surface area contributed by atoms with E-state index in [-0.39, 0.29) is 0 Å². The molecule has 0 saturated heterocycles. The maximum atomic E-state index is 11.6. The molecule has 0 saturated carbocycles. The van der Waals surface area contributed by atoms with Crippen molar-refractivity contribution in [3.8, 4) is 11.3 Å². The Morgan fingerprint density at radius 3 is 2.68 bits per heavy atom. The second-order valence-electron chi connectivity index (χ2n) is 4.95. The number of thiazole rings is 1. The highest BCUT2D eigenvalue weighted by Gasteiger charge is 2.17. The lowest BCUT2D eigenvalue weighted by atomic mass is 10.2. The first kappa shape index (κ1) is 13.5. The molecular weight excluding hydrogens is 260 g/mol. The Morgan fingerprint density at radius 1 is 1.37 bits per heavy atom. The number of anilines is 1. The van der Waals surface area contributed by atoms with Gasteiger partial charge in [-0.15, -0.1) is 11.3 Å². The number of rotatable bonds is 2. The SMILES string of the molecule is CC(C)(C)OC(=O)Nc1nc(-c2cc[c]cc2)cs1. The summed E-state index contributed by atoms with van der Waals surface area (Å²) in [4.78, 5) is 15.9. The van der Waals surface area contributed by atoms with Gasteiger partial charge in [0.25, 0.3) is 0 Å². The summed E-state index contributed by atoms with van der Waals surface area (Å²) in [6, 6.07) is 10.5. The molecule has 0 aliphatic rings. The molecule has 1 amide bonds. The van der Waals surface area contributed by atoms with Crippen molar-refractivity contribution in [2.45, 2.75) is 26.4 Å². The molecule has 5 heteroatoms. The van der Waals surface area contributed by atoms with Crippen LogP contribution >= 0.6 is 11.3 Å². The predicted octanol–water partition coefficient (Wildman–Crippen LogP) is 3.96. The Labute approximate surface area is 116 Å². The molecule has 0 bridgehead atoms. The molecule has 4 nitrogen and oxygen atoms in total. The standard InChI is InChI=1S/C14H15N2O2S/c1-14(2,3)18-13(17)16-12-15-11(9-19-12)10-7-5-4-6-8-10/h5-9H,1-3H3,(H,15,16,17). The van der Waals surface area contributed by atoms with E-state index < -0.39 is 11.7 Å². The Hall–Kier alpha value is -1.88. The van der Waals surface area contributed by atoms with Crippen LogP contribution in [0.15, 0.2) is 29.6 Å². The maximum Gasteiger partial charge on any atom is 0.413 e. The highest BCUT2D eigenvalue weighted by atomic mass is 32.1. The lowest BCUT2D eigenvalue weighted by Crippen LogP contribution is -2.27. The van der Waals surface area contributed by atoms with Gasteiger partial charge in [0.2, 0.25) is 0 Å². The van der Waals surface area contributed by atoms with E-state index in [4.69, 9.17) is 4.74 Å². The minimum Gasteiger partial charge on any atom is -0.444 e. The van der Waals surface area contributed by atoms with Crippen LogP contribution in [0.5, 0.6) is 0 Å².